The van der Waals surface area contributed by atoms with Gasteiger partial charge >= 0.3 is 0 Å². The fourth-order valence-electron chi connectivity index (χ4n) is 4.79. The van der Waals surface area contributed by atoms with E-state index in [1.54, 1.807) is 0 Å². The van der Waals surface area contributed by atoms with Crippen LogP contribution < -0.4 is 0 Å². The second-order valence-corrected chi connectivity index (χ2v) is 8.32. The summed E-state index contributed by atoms with van der Waals surface area (Å²) < 4.78 is 2.36. The van der Waals surface area contributed by atoms with Crippen molar-refractivity contribution in [3.05, 3.63) is 127 Å². The molecule has 1 heterocycles. The fourth-order valence-corrected chi connectivity index (χ4v) is 4.79. The number of para-hydroxylation sites is 2. The van der Waals surface area contributed by atoms with E-state index in [1.807, 2.05) is 0 Å². The molecule has 32 heavy (non-hydrogen) atoms. The molecule has 0 aliphatic carbocycles. The topological polar surface area (TPSA) is 4.93 Å². The molecule has 0 saturated heterocycles. The predicted octanol–water partition coefficient (Wildman–Crippen LogP) is 8.43. The first-order valence-electron chi connectivity index (χ1n) is 11.0. The van der Waals surface area contributed by atoms with Crippen LogP contribution in [0.3, 0.4) is 0 Å². The van der Waals surface area contributed by atoms with Gasteiger partial charge in [0.05, 0.1) is 11.0 Å². The predicted molar refractivity (Wildman–Crippen MR) is 136 cm³/mol. The summed E-state index contributed by atoms with van der Waals surface area (Å²) in [6.07, 6.45) is 0. The van der Waals surface area contributed by atoms with Crippen LogP contribution >= 0.6 is 0 Å². The molecular weight excluding hydrogens is 386 g/mol. The van der Waals surface area contributed by atoms with Gasteiger partial charge in [0.1, 0.15) is 0 Å². The number of hydrogen-bond donors (Lipinski definition) is 0. The molecule has 0 N–H and O–H groups in total. The Balaban J connectivity index is 1.52. The largest absolute Gasteiger partial charge is 0.309 e. The summed E-state index contributed by atoms with van der Waals surface area (Å²) in [5.74, 6) is 0. The van der Waals surface area contributed by atoms with Crippen molar-refractivity contribution in [2.75, 3.05) is 0 Å². The van der Waals surface area contributed by atoms with E-state index >= 15 is 0 Å². The summed E-state index contributed by atoms with van der Waals surface area (Å²) in [6.45, 7) is 2.20. The quantitative estimate of drug-likeness (QED) is 0.276. The highest BCUT2D eigenvalue weighted by Crippen LogP contribution is 2.35. The van der Waals surface area contributed by atoms with Gasteiger partial charge in [0.2, 0.25) is 0 Å². The number of aromatic nitrogens is 1. The van der Waals surface area contributed by atoms with Crippen molar-refractivity contribution in [2.45, 2.75) is 6.92 Å². The van der Waals surface area contributed by atoms with Crippen molar-refractivity contribution in [3.63, 3.8) is 0 Å². The molecule has 0 amide bonds. The monoisotopic (exact) mass is 409 g/mol. The molecule has 1 heteroatoms. The van der Waals surface area contributed by atoms with Gasteiger partial charge in [0.15, 0.2) is 0 Å². The fraction of sp³-hybridized carbons (Fsp3) is 0.0323. The Morgan fingerprint density at radius 3 is 1.88 bits per heavy atom. The molecule has 1 aromatic heterocycles. The van der Waals surface area contributed by atoms with Crippen molar-refractivity contribution in [2.24, 2.45) is 0 Å². The Bertz CT molecular complexity index is 1560. The zero-order valence-electron chi connectivity index (χ0n) is 18.0. The van der Waals surface area contributed by atoms with E-state index in [9.17, 15) is 0 Å². The van der Waals surface area contributed by atoms with Crippen LogP contribution in [0, 0.1) is 6.92 Å². The highest BCUT2D eigenvalue weighted by molar-refractivity contribution is 6.10. The van der Waals surface area contributed by atoms with Crippen molar-refractivity contribution < 1.29 is 0 Å². The summed E-state index contributed by atoms with van der Waals surface area (Å²) in [5.41, 5.74) is 10.0. The maximum atomic E-state index is 2.36. The Hall–Kier alpha value is -4.10. The third-order valence-corrected chi connectivity index (χ3v) is 6.33. The lowest BCUT2D eigenvalue weighted by molar-refractivity contribution is 1.18. The third kappa shape index (κ3) is 3.02. The van der Waals surface area contributed by atoms with E-state index in [2.05, 4.69) is 133 Å². The molecule has 0 aliphatic rings. The average molecular weight is 410 g/mol. The van der Waals surface area contributed by atoms with E-state index in [0.717, 1.165) is 0 Å². The maximum Gasteiger partial charge on any atom is 0.0541 e. The second kappa shape index (κ2) is 7.55. The van der Waals surface area contributed by atoms with Gasteiger partial charge in [-0.1, -0.05) is 91.0 Å². The minimum atomic E-state index is 1.19. The lowest BCUT2D eigenvalue weighted by Gasteiger charge is -2.10. The van der Waals surface area contributed by atoms with Crippen LogP contribution in [0.2, 0.25) is 0 Å². The molecule has 0 bridgehead atoms. The van der Waals surface area contributed by atoms with E-state index < -0.39 is 0 Å². The van der Waals surface area contributed by atoms with Gasteiger partial charge in [0, 0.05) is 16.5 Å². The van der Waals surface area contributed by atoms with Crippen LogP contribution in [0.15, 0.2) is 121 Å². The number of fused-ring (bicyclic) bond motifs is 3. The zero-order chi connectivity index (χ0) is 21.5. The number of rotatable bonds is 3. The molecule has 0 unspecified atom stereocenters. The van der Waals surface area contributed by atoms with Crippen molar-refractivity contribution in [1.29, 1.82) is 0 Å². The van der Waals surface area contributed by atoms with Crippen LogP contribution in [0.5, 0.6) is 0 Å². The van der Waals surface area contributed by atoms with Crippen molar-refractivity contribution in [3.8, 4) is 27.9 Å². The van der Waals surface area contributed by atoms with Crippen molar-refractivity contribution >= 4 is 21.8 Å². The smallest absolute Gasteiger partial charge is 0.0541 e. The average Bonchev–Trinajstić information content (AvgIpc) is 3.19. The minimum Gasteiger partial charge on any atom is -0.309 e. The highest BCUT2D eigenvalue weighted by Gasteiger charge is 2.13. The van der Waals surface area contributed by atoms with E-state index in [-0.39, 0.29) is 0 Å². The summed E-state index contributed by atoms with van der Waals surface area (Å²) in [7, 11) is 0. The second-order valence-electron chi connectivity index (χ2n) is 8.32. The van der Waals surface area contributed by atoms with Gasteiger partial charge in [0.25, 0.3) is 0 Å². The normalized spacial score (nSPS) is 11.3. The van der Waals surface area contributed by atoms with E-state index in [1.165, 1.54) is 55.3 Å². The first-order chi connectivity index (χ1) is 15.8. The van der Waals surface area contributed by atoms with Gasteiger partial charge in [-0.25, -0.2) is 0 Å². The SMILES string of the molecule is Cc1cc(-c2ccc3c(c2)c2ccccc2n3-c2ccccc2)ccc1-c1ccccc1. The highest BCUT2D eigenvalue weighted by atomic mass is 15.0. The number of hydrogen-bond acceptors (Lipinski definition) is 0. The molecule has 5 aromatic carbocycles. The first kappa shape index (κ1) is 18.7. The molecule has 0 spiro atoms. The third-order valence-electron chi connectivity index (χ3n) is 6.33. The Kier molecular flexibility index (Phi) is 4.40. The first-order valence-corrected chi connectivity index (χ1v) is 11.0. The van der Waals surface area contributed by atoms with Crippen molar-refractivity contribution in [1.82, 2.24) is 4.57 Å². The van der Waals surface area contributed by atoms with Gasteiger partial charge < -0.3 is 4.57 Å². The lowest BCUT2D eigenvalue weighted by Crippen LogP contribution is -1.92. The van der Waals surface area contributed by atoms with Crippen LogP contribution in [-0.4, -0.2) is 4.57 Å². The van der Waals surface area contributed by atoms with Crippen LogP contribution in [0.4, 0.5) is 0 Å². The number of benzene rings is 5. The van der Waals surface area contributed by atoms with Crippen LogP contribution in [0.1, 0.15) is 5.56 Å². The lowest BCUT2D eigenvalue weighted by atomic mass is 9.95. The summed E-state index contributed by atoms with van der Waals surface area (Å²) >= 11 is 0. The molecule has 152 valence electrons. The number of aryl methyl sites for hydroxylation is 1. The zero-order valence-corrected chi connectivity index (χ0v) is 18.0. The van der Waals surface area contributed by atoms with Gasteiger partial charge in [-0.3, -0.25) is 0 Å². The van der Waals surface area contributed by atoms with Gasteiger partial charge in [-0.2, -0.15) is 0 Å². The molecule has 0 aliphatic heterocycles. The molecule has 6 rings (SSSR count). The Labute approximate surface area is 188 Å². The molecule has 0 radical (unpaired) electrons. The molecular formula is C31H23N. The van der Waals surface area contributed by atoms with E-state index in [4.69, 9.17) is 0 Å². The molecule has 0 saturated carbocycles. The summed E-state index contributed by atoms with van der Waals surface area (Å²) in [5, 5.41) is 2.57. The van der Waals surface area contributed by atoms with Crippen LogP contribution in [-0.2, 0) is 0 Å². The minimum absolute atomic E-state index is 1.19. The van der Waals surface area contributed by atoms with Gasteiger partial charge in [-0.15, -0.1) is 0 Å². The molecule has 6 aromatic rings. The Morgan fingerprint density at radius 2 is 1.09 bits per heavy atom. The van der Waals surface area contributed by atoms with E-state index in [0.29, 0.717) is 0 Å². The molecule has 1 nitrogen and oxygen atoms in total. The van der Waals surface area contributed by atoms with Crippen LogP contribution in [0.25, 0.3) is 49.7 Å². The standard InChI is InChI=1S/C31H23N/c1-22-20-24(16-18-27(22)23-10-4-2-5-11-23)25-17-19-31-29(21-25)28-14-8-9-15-30(28)32(31)26-12-6-3-7-13-26/h2-21H,1H3. The Morgan fingerprint density at radius 1 is 0.469 bits per heavy atom. The molecule has 0 atom stereocenters. The molecule has 0 fully saturated rings. The van der Waals surface area contributed by atoms with Gasteiger partial charge in [-0.05, 0) is 65.1 Å². The summed E-state index contributed by atoms with van der Waals surface area (Å²) in [6, 6.07) is 43.5. The summed E-state index contributed by atoms with van der Waals surface area (Å²) in [4.78, 5) is 0. The number of nitrogens with zero attached hydrogens (tertiary/aromatic N) is 1. The maximum absolute atomic E-state index is 2.36.